The van der Waals surface area contributed by atoms with E-state index in [-0.39, 0.29) is 17.1 Å². The topological polar surface area (TPSA) is 61.8 Å². The van der Waals surface area contributed by atoms with Gasteiger partial charge in [0.25, 0.3) is 0 Å². The van der Waals surface area contributed by atoms with E-state index in [2.05, 4.69) is 0 Å². The number of carbonyl (C=O) groups is 2. The maximum Gasteiger partial charge on any atom is 0.343 e. The summed E-state index contributed by atoms with van der Waals surface area (Å²) in [7, 11) is 3.05. The number of carbonyl (C=O) groups excluding carboxylic acids is 2. The van der Waals surface area contributed by atoms with Crippen LogP contribution in [0.4, 0.5) is 0 Å². The van der Waals surface area contributed by atoms with E-state index in [1.807, 2.05) is 17.5 Å². The molecule has 0 aliphatic heterocycles. The number of hydrogen-bond donors (Lipinski definition) is 0. The van der Waals surface area contributed by atoms with Gasteiger partial charge in [0.05, 0.1) is 25.3 Å². The lowest BCUT2D eigenvalue weighted by Gasteiger charge is -2.10. The molecule has 0 saturated carbocycles. The minimum Gasteiger partial charge on any atom is -0.497 e. The predicted octanol–water partition coefficient (Wildman–Crippen LogP) is 4.88. The van der Waals surface area contributed by atoms with Crippen molar-refractivity contribution in [2.24, 2.45) is 0 Å². The van der Waals surface area contributed by atoms with Crippen LogP contribution in [0, 0.1) is 0 Å². The van der Waals surface area contributed by atoms with Gasteiger partial charge in [-0.05, 0) is 60.0 Å². The Bertz CT molecular complexity index is 988. The molecule has 0 N–H and O–H groups in total. The maximum absolute atomic E-state index is 12.6. The third-order valence-corrected chi connectivity index (χ3v) is 4.76. The monoisotopic (exact) mass is 394 g/mol. The molecule has 0 amide bonds. The van der Waals surface area contributed by atoms with Crippen molar-refractivity contribution in [3.05, 3.63) is 82.1 Å². The Kier molecular flexibility index (Phi) is 6.24. The highest BCUT2D eigenvalue weighted by Crippen LogP contribution is 2.27. The van der Waals surface area contributed by atoms with Crippen molar-refractivity contribution < 1.29 is 23.8 Å². The van der Waals surface area contributed by atoms with Crippen molar-refractivity contribution in [3.8, 4) is 17.2 Å². The van der Waals surface area contributed by atoms with Crippen molar-refractivity contribution in [2.45, 2.75) is 0 Å². The van der Waals surface area contributed by atoms with Crippen molar-refractivity contribution in [1.82, 2.24) is 0 Å². The minimum absolute atomic E-state index is 0.140. The zero-order valence-electron chi connectivity index (χ0n) is 15.4. The fourth-order valence-electron chi connectivity index (χ4n) is 2.44. The fraction of sp³-hybridized carbons (Fsp3) is 0.0909. The van der Waals surface area contributed by atoms with E-state index in [0.717, 1.165) is 4.88 Å². The van der Waals surface area contributed by atoms with Gasteiger partial charge in [-0.1, -0.05) is 6.07 Å². The largest absolute Gasteiger partial charge is 0.497 e. The Morgan fingerprint density at radius 1 is 0.929 bits per heavy atom. The maximum atomic E-state index is 12.6. The van der Waals surface area contributed by atoms with Gasteiger partial charge in [0.1, 0.15) is 17.2 Å². The number of allylic oxidation sites excluding steroid dienone is 1. The number of methoxy groups -OCH3 is 2. The summed E-state index contributed by atoms with van der Waals surface area (Å²) >= 11 is 1.53. The zero-order valence-corrected chi connectivity index (χ0v) is 16.2. The number of ether oxygens (including phenoxy) is 3. The second-order valence-electron chi connectivity index (χ2n) is 5.69. The molecule has 6 heteroatoms. The molecule has 142 valence electrons. The molecule has 0 bridgehead atoms. The highest BCUT2D eigenvalue weighted by molar-refractivity contribution is 7.10. The molecule has 0 radical (unpaired) electrons. The molecule has 0 spiro atoms. The second kappa shape index (κ2) is 9.01. The van der Waals surface area contributed by atoms with Crippen LogP contribution in [0.25, 0.3) is 6.08 Å². The van der Waals surface area contributed by atoms with E-state index >= 15 is 0 Å². The van der Waals surface area contributed by atoms with Gasteiger partial charge in [-0.25, -0.2) is 4.79 Å². The Labute approximate surface area is 166 Å². The number of hydrogen-bond acceptors (Lipinski definition) is 6. The SMILES string of the molecule is COc1ccc(C(=O)Oc2cc(OC)ccc2C(=O)/C=C/c2cccs2)cc1. The van der Waals surface area contributed by atoms with Gasteiger partial charge in [-0.3, -0.25) is 4.79 Å². The van der Waals surface area contributed by atoms with Crippen LogP contribution in [0.1, 0.15) is 25.6 Å². The van der Waals surface area contributed by atoms with Crippen LogP contribution in [0.3, 0.4) is 0 Å². The fourth-order valence-corrected chi connectivity index (χ4v) is 3.06. The molecule has 0 aliphatic carbocycles. The third kappa shape index (κ3) is 4.66. The highest BCUT2D eigenvalue weighted by Gasteiger charge is 2.16. The molecule has 0 fully saturated rings. The van der Waals surface area contributed by atoms with E-state index in [1.54, 1.807) is 49.6 Å². The van der Waals surface area contributed by atoms with Gasteiger partial charge in [0.2, 0.25) is 0 Å². The van der Waals surface area contributed by atoms with Crippen LogP contribution in [0.15, 0.2) is 66.1 Å². The van der Waals surface area contributed by atoms with E-state index in [1.165, 1.54) is 30.6 Å². The summed E-state index contributed by atoms with van der Waals surface area (Å²) in [6.45, 7) is 0. The Balaban J connectivity index is 1.85. The molecule has 0 unspecified atom stereocenters. The smallest absolute Gasteiger partial charge is 0.343 e. The molecule has 3 rings (SSSR count). The van der Waals surface area contributed by atoms with Crippen molar-refractivity contribution in [3.63, 3.8) is 0 Å². The van der Waals surface area contributed by atoms with E-state index in [4.69, 9.17) is 14.2 Å². The number of rotatable bonds is 7. The molecule has 0 atom stereocenters. The summed E-state index contributed by atoms with van der Waals surface area (Å²) in [5.74, 6) is 0.408. The summed E-state index contributed by atoms with van der Waals surface area (Å²) < 4.78 is 15.8. The van der Waals surface area contributed by atoms with Crippen LogP contribution in [0.5, 0.6) is 17.2 Å². The van der Waals surface area contributed by atoms with Gasteiger partial charge >= 0.3 is 5.97 Å². The lowest BCUT2D eigenvalue weighted by molar-refractivity contribution is 0.0733. The summed E-state index contributed by atoms with van der Waals surface area (Å²) in [6.07, 6.45) is 3.19. The first-order valence-corrected chi connectivity index (χ1v) is 9.29. The quantitative estimate of drug-likeness (QED) is 0.247. The Hall–Kier alpha value is -3.38. The first-order chi connectivity index (χ1) is 13.6. The highest BCUT2D eigenvalue weighted by atomic mass is 32.1. The lowest BCUT2D eigenvalue weighted by Crippen LogP contribution is -2.11. The summed E-state index contributed by atoms with van der Waals surface area (Å²) in [5, 5.41) is 1.93. The zero-order chi connectivity index (χ0) is 19.9. The molecule has 1 heterocycles. The third-order valence-electron chi connectivity index (χ3n) is 3.92. The number of benzene rings is 2. The number of thiophene rings is 1. The molecule has 1 aromatic heterocycles. The molecular weight excluding hydrogens is 376 g/mol. The molecule has 2 aromatic carbocycles. The Morgan fingerprint density at radius 3 is 2.29 bits per heavy atom. The van der Waals surface area contributed by atoms with Gasteiger partial charge < -0.3 is 14.2 Å². The second-order valence-corrected chi connectivity index (χ2v) is 6.67. The normalized spacial score (nSPS) is 10.6. The van der Waals surface area contributed by atoms with E-state index in [9.17, 15) is 9.59 Å². The van der Waals surface area contributed by atoms with Crippen LogP contribution in [0.2, 0.25) is 0 Å². The van der Waals surface area contributed by atoms with Gasteiger partial charge in [0.15, 0.2) is 5.78 Å². The molecule has 0 saturated heterocycles. The van der Waals surface area contributed by atoms with Crippen molar-refractivity contribution >= 4 is 29.2 Å². The van der Waals surface area contributed by atoms with Gasteiger partial charge in [0, 0.05) is 10.9 Å². The summed E-state index contributed by atoms with van der Waals surface area (Å²) in [6, 6.07) is 15.1. The molecule has 28 heavy (non-hydrogen) atoms. The van der Waals surface area contributed by atoms with E-state index in [0.29, 0.717) is 17.1 Å². The predicted molar refractivity (Wildman–Crippen MR) is 109 cm³/mol. The molecule has 0 aliphatic rings. The van der Waals surface area contributed by atoms with Gasteiger partial charge in [-0.2, -0.15) is 0 Å². The Morgan fingerprint density at radius 2 is 1.64 bits per heavy atom. The molecule has 3 aromatic rings. The van der Waals surface area contributed by atoms with Crippen LogP contribution in [-0.2, 0) is 0 Å². The summed E-state index contributed by atoms with van der Waals surface area (Å²) in [4.78, 5) is 26.1. The van der Waals surface area contributed by atoms with Crippen molar-refractivity contribution in [1.29, 1.82) is 0 Å². The van der Waals surface area contributed by atoms with Crippen LogP contribution < -0.4 is 14.2 Å². The lowest BCUT2D eigenvalue weighted by atomic mass is 10.1. The molecular formula is C22H18O5S. The number of ketones is 1. The van der Waals surface area contributed by atoms with Gasteiger partial charge in [-0.15, -0.1) is 11.3 Å². The first kappa shape index (κ1) is 19.4. The minimum atomic E-state index is -0.577. The molecule has 5 nitrogen and oxygen atoms in total. The van der Waals surface area contributed by atoms with E-state index < -0.39 is 5.97 Å². The van der Waals surface area contributed by atoms with Crippen LogP contribution >= 0.6 is 11.3 Å². The standard InChI is InChI=1S/C22H18O5S/c1-25-16-7-5-15(6-8-16)22(24)27-21-14-17(26-2)9-11-19(21)20(23)12-10-18-4-3-13-28-18/h3-14H,1-2H3/b12-10+. The number of esters is 1. The average molecular weight is 394 g/mol. The summed E-state index contributed by atoms with van der Waals surface area (Å²) in [5.41, 5.74) is 0.617. The first-order valence-electron chi connectivity index (χ1n) is 8.41. The average Bonchev–Trinajstić information content (AvgIpc) is 3.25. The van der Waals surface area contributed by atoms with Crippen molar-refractivity contribution in [2.75, 3.05) is 14.2 Å². The van der Waals surface area contributed by atoms with Crippen LogP contribution in [-0.4, -0.2) is 26.0 Å².